The second-order valence-corrected chi connectivity index (χ2v) is 3.97. The molecule has 0 bridgehead atoms. The molecule has 3 heteroatoms. The number of halogens is 2. The average Bonchev–Trinajstić information content (AvgIpc) is 2.30. The van der Waals surface area contributed by atoms with Crippen molar-refractivity contribution < 1.29 is 8.78 Å². The van der Waals surface area contributed by atoms with Crippen LogP contribution in [-0.4, -0.2) is 13.6 Å². The molecule has 0 fully saturated rings. The number of benzene rings is 1. The molecule has 0 aliphatic carbocycles. The first-order chi connectivity index (χ1) is 7.60. The molecule has 0 aromatic heterocycles. The van der Waals surface area contributed by atoms with E-state index in [9.17, 15) is 8.78 Å². The molecule has 1 nitrogen and oxygen atoms in total. The monoisotopic (exact) mass is 227 g/mol. The molecular formula is C13H19F2N. The zero-order valence-electron chi connectivity index (χ0n) is 9.89. The summed E-state index contributed by atoms with van der Waals surface area (Å²) in [6.07, 6.45) is 1.67. The lowest BCUT2D eigenvalue weighted by Gasteiger charge is -2.15. The van der Waals surface area contributed by atoms with Crippen molar-refractivity contribution in [2.75, 3.05) is 13.6 Å². The predicted molar refractivity (Wildman–Crippen MR) is 62.9 cm³/mol. The van der Waals surface area contributed by atoms with Crippen LogP contribution in [0.4, 0.5) is 8.78 Å². The SMILES string of the molecule is CCC(F)(F)c1cccc(CCCNC)c1. The maximum Gasteiger partial charge on any atom is 0.273 e. The minimum atomic E-state index is -2.70. The van der Waals surface area contributed by atoms with Crippen LogP contribution >= 0.6 is 0 Å². The smallest absolute Gasteiger partial charge is 0.273 e. The van der Waals surface area contributed by atoms with E-state index >= 15 is 0 Å². The first kappa shape index (κ1) is 13.1. The Hall–Kier alpha value is -0.960. The van der Waals surface area contributed by atoms with Crippen molar-refractivity contribution in [1.82, 2.24) is 5.32 Å². The Labute approximate surface area is 95.9 Å². The summed E-state index contributed by atoms with van der Waals surface area (Å²) in [4.78, 5) is 0. The molecule has 90 valence electrons. The van der Waals surface area contributed by atoms with Gasteiger partial charge in [0.25, 0.3) is 5.92 Å². The van der Waals surface area contributed by atoms with Gasteiger partial charge in [-0.05, 0) is 38.1 Å². The van der Waals surface area contributed by atoms with Crippen molar-refractivity contribution in [1.29, 1.82) is 0 Å². The molecule has 1 rings (SSSR count). The van der Waals surface area contributed by atoms with Crippen molar-refractivity contribution >= 4 is 0 Å². The van der Waals surface area contributed by atoms with Gasteiger partial charge in [-0.25, -0.2) is 8.78 Å². The molecule has 1 aromatic carbocycles. The van der Waals surface area contributed by atoms with E-state index in [0.717, 1.165) is 24.9 Å². The highest BCUT2D eigenvalue weighted by molar-refractivity contribution is 5.26. The standard InChI is InChI=1S/C13H19F2N/c1-3-13(14,15)12-8-4-6-11(10-12)7-5-9-16-2/h4,6,8,10,16H,3,5,7,9H2,1-2H3. The van der Waals surface area contributed by atoms with Crippen molar-refractivity contribution in [2.45, 2.75) is 32.1 Å². The number of alkyl halides is 2. The number of nitrogens with one attached hydrogen (secondary N) is 1. The molecule has 0 saturated heterocycles. The highest BCUT2D eigenvalue weighted by atomic mass is 19.3. The largest absolute Gasteiger partial charge is 0.320 e. The molecule has 0 spiro atoms. The van der Waals surface area contributed by atoms with Crippen LogP contribution in [0.25, 0.3) is 0 Å². The Balaban J connectivity index is 2.71. The molecule has 0 unspecified atom stereocenters. The van der Waals surface area contributed by atoms with Gasteiger partial charge in [0.2, 0.25) is 0 Å². The van der Waals surface area contributed by atoms with Gasteiger partial charge in [-0.15, -0.1) is 0 Å². The summed E-state index contributed by atoms with van der Waals surface area (Å²) >= 11 is 0. The highest BCUT2D eigenvalue weighted by Crippen LogP contribution is 2.31. The van der Waals surface area contributed by atoms with Crippen LogP contribution in [0.3, 0.4) is 0 Å². The van der Waals surface area contributed by atoms with Crippen molar-refractivity contribution in [3.05, 3.63) is 35.4 Å². The van der Waals surface area contributed by atoms with Gasteiger partial charge in [0.1, 0.15) is 0 Å². The number of hydrogen-bond donors (Lipinski definition) is 1. The van der Waals surface area contributed by atoms with Gasteiger partial charge < -0.3 is 5.32 Å². The van der Waals surface area contributed by atoms with Crippen molar-refractivity contribution in [3.63, 3.8) is 0 Å². The lowest BCUT2D eigenvalue weighted by molar-refractivity contribution is -0.00835. The number of rotatable bonds is 6. The molecule has 0 saturated carbocycles. The summed E-state index contributed by atoms with van der Waals surface area (Å²) in [5.74, 6) is -2.70. The Morgan fingerprint density at radius 3 is 2.69 bits per heavy atom. The fourth-order valence-corrected chi connectivity index (χ4v) is 1.63. The molecule has 0 aliphatic heterocycles. The van der Waals surface area contributed by atoms with E-state index in [1.54, 1.807) is 12.1 Å². The third kappa shape index (κ3) is 3.56. The Morgan fingerprint density at radius 1 is 1.31 bits per heavy atom. The summed E-state index contributed by atoms with van der Waals surface area (Å²) in [6, 6.07) is 6.75. The van der Waals surface area contributed by atoms with Crippen molar-refractivity contribution in [2.24, 2.45) is 0 Å². The van der Waals surface area contributed by atoms with Crippen LogP contribution in [-0.2, 0) is 12.3 Å². The normalized spacial score (nSPS) is 11.8. The lowest BCUT2D eigenvalue weighted by atomic mass is 10.0. The predicted octanol–water partition coefficient (Wildman–Crippen LogP) is 3.34. The van der Waals surface area contributed by atoms with Crippen LogP contribution in [0.1, 0.15) is 30.9 Å². The first-order valence-electron chi connectivity index (χ1n) is 5.72. The Bertz CT molecular complexity index is 323. The summed E-state index contributed by atoms with van der Waals surface area (Å²) < 4.78 is 26.9. The summed E-state index contributed by atoms with van der Waals surface area (Å²) in [7, 11) is 1.89. The molecular weight excluding hydrogens is 208 g/mol. The van der Waals surface area contributed by atoms with Gasteiger partial charge in [-0.1, -0.05) is 25.1 Å². The molecule has 0 amide bonds. The summed E-state index contributed by atoms with van der Waals surface area (Å²) in [6.45, 7) is 2.42. The fourth-order valence-electron chi connectivity index (χ4n) is 1.63. The topological polar surface area (TPSA) is 12.0 Å². The zero-order valence-corrected chi connectivity index (χ0v) is 9.89. The summed E-state index contributed by atoms with van der Waals surface area (Å²) in [5, 5.41) is 3.05. The van der Waals surface area contributed by atoms with E-state index in [0.29, 0.717) is 0 Å². The van der Waals surface area contributed by atoms with Crippen LogP contribution in [0, 0.1) is 0 Å². The van der Waals surface area contributed by atoms with Gasteiger partial charge in [-0.3, -0.25) is 0 Å². The van der Waals surface area contributed by atoms with Crippen LogP contribution < -0.4 is 5.32 Å². The van der Waals surface area contributed by atoms with E-state index in [1.807, 2.05) is 13.1 Å². The third-order valence-corrected chi connectivity index (χ3v) is 2.69. The Kier molecular flexibility index (Phi) is 4.87. The van der Waals surface area contributed by atoms with E-state index in [-0.39, 0.29) is 12.0 Å². The molecule has 1 aromatic rings. The zero-order chi connectivity index (χ0) is 12.0. The maximum absolute atomic E-state index is 13.4. The molecule has 0 radical (unpaired) electrons. The quantitative estimate of drug-likeness (QED) is 0.735. The average molecular weight is 227 g/mol. The van der Waals surface area contributed by atoms with Gasteiger partial charge in [0.15, 0.2) is 0 Å². The van der Waals surface area contributed by atoms with E-state index in [1.165, 1.54) is 13.0 Å². The second-order valence-electron chi connectivity index (χ2n) is 3.97. The molecule has 0 atom stereocenters. The molecule has 0 aliphatic rings. The van der Waals surface area contributed by atoms with Crippen LogP contribution in [0.15, 0.2) is 24.3 Å². The van der Waals surface area contributed by atoms with Crippen LogP contribution in [0.2, 0.25) is 0 Å². The van der Waals surface area contributed by atoms with Crippen molar-refractivity contribution in [3.8, 4) is 0 Å². The Morgan fingerprint density at radius 2 is 2.06 bits per heavy atom. The highest BCUT2D eigenvalue weighted by Gasteiger charge is 2.28. The minimum Gasteiger partial charge on any atom is -0.320 e. The number of aryl methyl sites for hydroxylation is 1. The third-order valence-electron chi connectivity index (χ3n) is 2.69. The first-order valence-corrected chi connectivity index (χ1v) is 5.72. The second kappa shape index (κ2) is 5.94. The minimum absolute atomic E-state index is 0.136. The lowest BCUT2D eigenvalue weighted by Crippen LogP contribution is -2.12. The molecule has 0 heterocycles. The molecule has 16 heavy (non-hydrogen) atoms. The molecule has 1 N–H and O–H groups in total. The van der Waals surface area contributed by atoms with Gasteiger partial charge >= 0.3 is 0 Å². The van der Waals surface area contributed by atoms with Gasteiger partial charge in [0, 0.05) is 12.0 Å². The number of hydrogen-bond acceptors (Lipinski definition) is 1. The van der Waals surface area contributed by atoms with Crippen LogP contribution in [0.5, 0.6) is 0 Å². The van der Waals surface area contributed by atoms with E-state index in [2.05, 4.69) is 5.32 Å². The van der Waals surface area contributed by atoms with Gasteiger partial charge in [0.05, 0.1) is 0 Å². The summed E-state index contributed by atoms with van der Waals surface area (Å²) in [5.41, 5.74) is 1.12. The maximum atomic E-state index is 13.4. The van der Waals surface area contributed by atoms with E-state index in [4.69, 9.17) is 0 Å². The fraction of sp³-hybridized carbons (Fsp3) is 0.538. The van der Waals surface area contributed by atoms with Gasteiger partial charge in [-0.2, -0.15) is 0 Å². The van der Waals surface area contributed by atoms with E-state index < -0.39 is 5.92 Å².